The molecule has 0 saturated carbocycles. The molecule has 1 aliphatic carbocycles. The summed E-state index contributed by atoms with van der Waals surface area (Å²) in [5.41, 5.74) is 3.62. The maximum Gasteiger partial charge on any atom is 0.405 e. The molecule has 1 aliphatic heterocycles. The molecule has 3 N–H and O–H groups in total. The van der Waals surface area contributed by atoms with Crippen molar-refractivity contribution in [3.63, 3.8) is 0 Å². The largest absolute Gasteiger partial charge is 0.465 e. The van der Waals surface area contributed by atoms with Crippen molar-refractivity contribution in [2.45, 2.75) is 38.8 Å². The van der Waals surface area contributed by atoms with Crippen LogP contribution >= 0.6 is 0 Å². The summed E-state index contributed by atoms with van der Waals surface area (Å²) in [5.74, 6) is 0.741. The molecule has 1 aromatic carbocycles. The topological polar surface area (TPSA) is 98.6 Å². The molecule has 0 bridgehead atoms. The van der Waals surface area contributed by atoms with Gasteiger partial charge in [-0.2, -0.15) is 0 Å². The molecule has 7 heteroatoms. The number of hydrogen-bond acceptors (Lipinski definition) is 5. The number of aliphatic hydroxyl groups is 1. The van der Waals surface area contributed by atoms with E-state index < -0.39 is 6.09 Å². The van der Waals surface area contributed by atoms with E-state index in [0.717, 1.165) is 49.4 Å². The second-order valence-electron chi connectivity index (χ2n) is 7.55. The Balaban J connectivity index is 1.59. The van der Waals surface area contributed by atoms with E-state index in [2.05, 4.69) is 26.3 Å². The number of aliphatic hydroxyl groups excluding tert-OH is 1. The second-order valence-corrected chi connectivity index (χ2v) is 7.55. The van der Waals surface area contributed by atoms with Crippen LogP contribution in [0.15, 0.2) is 30.5 Å². The van der Waals surface area contributed by atoms with Crippen LogP contribution in [0.1, 0.15) is 41.4 Å². The molecule has 27 heavy (non-hydrogen) atoms. The Labute approximate surface area is 158 Å². The molecule has 1 fully saturated rings. The lowest BCUT2D eigenvalue weighted by atomic mass is 9.72. The summed E-state index contributed by atoms with van der Waals surface area (Å²) in [6.45, 7) is 3.27. The Morgan fingerprint density at radius 1 is 1.33 bits per heavy atom. The minimum atomic E-state index is -0.981. The summed E-state index contributed by atoms with van der Waals surface area (Å²) in [7, 11) is 0. The highest BCUT2D eigenvalue weighted by molar-refractivity contribution is 5.66. The van der Waals surface area contributed by atoms with Crippen LogP contribution in [0.5, 0.6) is 0 Å². The molecule has 1 atom stereocenters. The highest BCUT2D eigenvalue weighted by Gasteiger charge is 2.48. The standard InChI is InChI=1S/C20H24N4O3/c1-13-11-21-16(12-25)18(22-13)24-8-6-20(7-9-24)10-14-4-2-3-5-15(14)17(20)23-19(26)27/h2-5,11,17,23,25H,6-10,12H2,1H3,(H,26,27)/t17-/m1/s1. The van der Waals surface area contributed by atoms with Crippen molar-refractivity contribution in [2.75, 3.05) is 18.0 Å². The van der Waals surface area contributed by atoms with Gasteiger partial charge in [0, 0.05) is 24.7 Å². The molecule has 7 nitrogen and oxygen atoms in total. The summed E-state index contributed by atoms with van der Waals surface area (Å²) in [5, 5.41) is 21.7. The maximum atomic E-state index is 11.4. The van der Waals surface area contributed by atoms with E-state index >= 15 is 0 Å². The number of piperidine rings is 1. The van der Waals surface area contributed by atoms with E-state index in [1.165, 1.54) is 5.56 Å². The van der Waals surface area contributed by atoms with Crippen LogP contribution in [0.25, 0.3) is 0 Å². The van der Waals surface area contributed by atoms with Crippen molar-refractivity contribution in [3.05, 3.63) is 53.0 Å². The molecule has 0 unspecified atom stereocenters. The lowest BCUT2D eigenvalue weighted by molar-refractivity contribution is 0.141. The van der Waals surface area contributed by atoms with Crippen LogP contribution in [0, 0.1) is 12.3 Å². The molecule has 142 valence electrons. The molecule has 2 aliphatic rings. The van der Waals surface area contributed by atoms with Crippen molar-refractivity contribution in [1.29, 1.82) is 0 Å². The number of nitrogens with zero attached hydrogens (tertiary/aromatic N) is 3. The summed E-state index contributed by atoms with van der Waals surface area (Å²) < 4.78 is 0. The van der Waals surface area contributed by atoms with Crippen LogP contribution in [0.3, 0.4) is 0 Å². The number of benzene rings is 1. The number of hydrogen-bond donors (Lipinski definition) is 3. The molecule has 0 radical (unpaired) electrons. The Bertz CT molecular complexity index is 862. The summed E-state index contributed by atoms with van der Waals surface area (Å²) in [6.07, 6.45) is 3.28. The fraction of sp³-hybridized carbons (Fsp3) is 0.450. The number of nitrogens with one attached hydrogen (secondary N) is 1. The predicted octanol–water partition coefficient (Wildman–Crippen LogP) is 2.43. The normalized spacial score (nSPS) is 20.5. The third-order valence-electron chi connectivity index (χ3n) is 5.94. The van der Waals surface area contributed by atoms with Crippen LogP contribution in [-0.4, -0.2) is 39.4 Å². The average Bonchev–Trinajstić information content (AvgIpc) is 2.95. The van der Waals surface area contributed by atoms with E-state index in [0.29, 0.717) is 5.69 Å². The monoisotopic (exact) mass is 368 g/mol. The fourth-order valence-electron chi connectivity index (χ4n) is 4.63. The molecule has 1 amide bonds. The summed E-state index contributed by atoms with van der Waals surface area (Å²) >= 11 is 0. The first kappa shape index (κ1) is 17.7. The molecule has 1 saturated heterocycles. The first-order valence-electron chi connectivity index (χ1n) is 9.28. The van der Waals surface area contributed by atoms with Gasteiger partial charge < -0.3 is 20.4 Å². The molecule has 4 rings (SSSR count). The lowest BCUT2D eigenvalue weighted by Gasteiger charge is -2.43. The van der Waals surface area contributed by atoms with Gasteiger partial charge in [-0.25, -0.2) is 9.78 Å². The maximum absolute atomic E-state index is 11.4. The van der Waals surface area contributed by atoms with Crippen LogP contribution in [-0.2, 0) is 13.0 Å². The molecular weight excluding hydrogens is 344 g/mol. The van der Waals surface area contributed by atoms with Gasteiger partial charge in [-0.05, 0) is 37.3 Å². The number of carboxylic acid groups (broad SMARTS) is 1. The number of rotatable bonds is 3. The molecule has 2 heterocycles. The average molecular weight is 368 g/mol. The van der Waals surface area contributed by atoms with Gasteiger partial charge in [0.25, 0.3) is 0 Å². The van der Waals surface area contributed by atoms with Gasteiger partial charge >= 0.3 is 6.09 Å². The van der Waals surface area contributed by atoms with E-state index in [1.54, 1.807) is 6.20 Å². The van der Waals surface area contributed by atoms with Crippen molar-refractivity contribution in [3.8, 4) is 0 Å². The Hall–Kier alpha value is -2.67. The molecule has 1 aromatic heterocycles. The zero-order valence-corrected chi connectivity index (χ0v) is 15.4. The fourth-order valence-corrected chi connectivity index (χ4v) is 4.63. The lowest BCUT2D eigenvalue weighted by Crippen LogP contribution is -2.47. The van der Waals surface area contributed by atoms with Gasteiger partial charge in [-0.15, -0.1) is 0 Å². The van der Waals surface area contributed by atoms with Crippen LogP contribution < -0.4 is 10.2 Å². The van der Waals surface area contributed by atoms with Gasteiger partial charge in [0.2, 0.25) is 0 Å². The van der Waals surface area contributed by atoms with E-state index in [-0.39, 0.29) is 18.1 Å². The highest BCUT2D eigenvalue weighted by Crippen LogP contribution is 2.52. The molecular formula is C20H24N4O3. The third-order valence-corrected chi connectivity index (χ3v) is 5.94. The van der Waals surface area contributed by atoms with Gasteiger partial charge in [0.15, 0.2) is 5.82 Å². The Kier molecular flexibility index (Phi) is 4.47. The third kappa shape index (κ3) is 3.12. The first-order chi connectivity index (χ1) is 13.0. The van der Waals surface area contributed by atoms with Gasteiger partial charge in [-0.3, -0.25) is 4.98 Å². The zero-order chi connectivity index (χ0) is 19.0. The van der Waals surface area contributed by atoms with Crippen LogP contribution in [0.2, 0.25) is 0 Å². The van der Waals surface area contributed by atoms with E-state index in [1.807, 2.05) is 25.1 Å². The van der Waals surface area contributed by atoms with E-state index in [9.17, 15) is 15.0 Å². The highest BCUT2D eigenvalue weighted by atomic mass is 16.4. The van der Waals surface area contributed by atoms with Crippen molar-refractivity contribution >= 4 is 11.9 Å². The smallest absolute Gasteiger partial charge is 0.405 e. The van der Waals surface area contributed by atoms with Crippen molar-refractivity contribution in [1.82, 2.24) is 15.3 Å². The number of aromatic nitrogens is 2. The molecule has 1 spiro atoms. The minimum absolute atomic E-state index is 0.116. The number of carbonyl (C=O) groups is 1. The van der Waals surface area contributed by atoms with Crippen molar-refractivity contribution in [2.24, 2.45) is 5.41 Å². The van der Waals surface area contributed by atoms with Gasteiger partial charge in [0.1, 0.15) is 5.69 Å². The second kappa shape index (κ2) is 6.81. The Morgan fingerprint density at radius 3 is 2.78 bits per heavy atom. The first-order valence-corrected chi connectivity index (χ1v) is 9.28. The van der Waals surface area contributed by atoms with Gasteiger partial charge in [0.05, 0.1) is 18.3 Å². The number of amides is 1. The zero-order valence-electron chi connectivity index (χ0n) is 15.4. The Morgan fingerprint density at radius 2 is 2.07 bits per heavy atom. The number of fused-ring (bicyclic) bond motifs is 1. The summed E-state index contributed by atoms with van der Waals surface area (Å²) in [6, 6.07) is 7.94. The molecule has 2 aromatic rings. The van der Waals surface area contributed by atoms with Gasteiger partial charge in [-0.1, -0.05) is 24.3 Å². The SMILES string of the molecule is Cc1cnc(CO)c(N2CCC3(CC2)Cc2ccccc2[C@H]3NC(=O)O)n1. The number of anilines is 1. The summed E-state index contributed by atoms with van der Waals surface area (Å²) in [4.78, 5) is 22.5. The van der Waals surface area contributed by atoms with Crippen molar-refractivity contribution < 1.29 is 15.0 Å². The number of aryl methyl sites for hydroxylation is 1. The predicted molar refractivity (Wildman–Crippen MR) is 101 cm³/mol. The van der Waals surface area contributed by atoms with Crippen LogP contribution in [0.4, 0.5) is 10.6 Å². The minimum Gasteiger partial charge on any atom is -0.465 e. The quantitative estimate of drug-likeness (QED) is 0.770. The van der Waals surface area contributed by atoms with E-state index in [4.69, 9.17) is 0 Å².